The third kappa shape index (κ3) is 9.19. The van der Waals surface area contributed by atoms with E-state index in [1.54, 1.807) is 36.4 Å². The number of rotatable bonds is 11. The second-order valence-corrected chi connectivity index (χ2v) is 15.1. The second kappa shape index (κ2) is 14.6. The molecular weight excluding hydrogens is 674 g/mol. The maximum Gasteiger partial charge on any atom is 0.264 e. The van der Waals surface area contributed by atoms with Crippen LogP contribution in [-0.2, 0) is 32.6 Å². The summed E-state index contributed by atoms with van der Waals surface area (Å²) in [7, 11) is -4.24. The quantitative estimate of drug-likeness (QED) is 0.179. The number of nitrogens with zero attached hydrogens (tertiary/aromatic N) is 2. The predicted molar refractivity (Wildman–Crippen MR) is 184 cm³/mol. The number of carbonyl (C=O) groups is 2. The zero-order chi connectivity index (χ0) is 32.8. The first-order valence-corrected chi connectivity index (χ1v) is 17.1. The summed E-state index contributed by atoms with van der Waals surface area (Å²) in [4.78, 5) is 30.0. The predicted octanol–water partition coefficient (Wildman–Crippen LogP) is 7.16. The van der Waals surface area contributed by atoms with E-state index in [2.05, 4.69) is 21.2 Å². The highest BCUT2D eigenvalue weighted by Gasteiger charge is 2.36. The molecule has 0 aliphatic carbocycles. The lowest BCUT2D eigenvalue weighted by molar-refractivity contribution is -0.140. The minimum atomic E-state index is -4.24. The van der Waals surface area contributed by atoms with E-state index in [0.29, 0.717) is 0 Å². The van der Waals surface area contributed by atoms with E-state index in [1.165, 1.54) is 17.0 Å². The number of sulfonamides is 1. The molecule has 4 aromatic carbocycles. The van der Waals surface area contributed by atoms with Gasteiger partial charge in [-0.3, -0.25) is 13.9 Å². The number of hydrogen-bond acceptors (Lipinski definition) is 4. The Morgan fingerprint density at radius 1 is 0.844 bits per heavy atom. The number of aryl methyl sites for hydroxylation is 1. The number of benzene rings is 4. The molecule has 0 fully saturated rings. The molecule has 0 aliphatic rings. The van der Waals surface area contributed by atoms with Gasteiger partial charge >= 0.3 is 0 Å². The molecule has 4 aromatic rings. The maximum absolute atomic E-state index is 14.5. The molecule has 0 heterocycles. The molecule has 10 heteroatoms. The van der Waals surface area contributed by atoms with Crippen molar-refractivity contribution < 1.29 is 18.0 Å². The van der Waals surface area contributed by atoms with E-state index >= 15 is 0 Å². The van der Waals surface area contributed by atoms with Crippen LogP contribution in [0, 0.1) is 6.92 Å². The first-order chi connectivity index (χ1) is 21.2. The molecule has 45 heavy (non-hydrogen) atoms. The second-order valence-electron chi connectivity index (χ2n) is 11.9. The molecule has 0 aliphatic heterocycles. The largest absolute Gasteiger partial charge is 0.350 e. The number of halogens is 2. The normalized spacial score (nSPS) is 12.3. The highest BCUT2D eigenvalue weighted by atomic mass is 79.9. The highest BCUT2D eigenvalue weighted by Crippen LogP contribution is 2.31. The molecule has 2 amide bonds. The van der Waals surface area contributed by atoms with Gasteiger partial charge in [-0.15, -0.1) is 0 Å². The third-order valence-electron chi connectivity index (χ3n) is 7.04. The van der Waals surface area contributed by atoms with Crippen LogP contribution in [0.5, 0.6) is 0 Å². The summed E-state index contributed by atoms with van der Waals surface area (Å²) in [6.45, 7) is 6.98. The Kier molecular flexibility index (Phi) is 11.1. The van der Waals surface area contributed by atoms with E-state index in [9.17, 15) is 18.0 Å². The number of carbonyl (C=O) groups excluding carboxylic acids is 2. The van der Waals surface area contributed by atoms with Crippen LogP contribution in [0.25, 0.3) is 0 Å². The molecule has 4 rings (SSSR count). The number of nitrogens with one attached hydrogen (secondary N) is 1. The lowest BCUT2D eigenvalue weighted by Crippen LogP contribution is -2.56. The van der Waals surface area contributed by atoms with Gasteiger partial charge in [0, 0.05) is 23.0 Å². The van der Waals surface area contributed by atoms with Crippen LogP contribution >= 0.6 is 27.5 Å². The number of anilines is 1. The van der Waals surface area contributed by atoms with Crippen LogP contribution in [0.4, 0.5) is 5.69 Å². The minimum absolute atomic E-state index is 0.0200. The molecule has 1 atom stereocenters. The topological polar surface area (TPSA) is 86.8 Å². The molecule has 0 aromatic heterocycles. The summed E-state index contributed by atoms with van der Waals surface area (Å²) in [6, 6.07) is 28.8. The lowest BCUT2D eigenvalue weighted by Gasteiger charge is -2.35. The van der Waals surface area contributed by atoms with Gasteiger partial charge in [0.25, 0.3) is 10.0 Å². The van der Waals surface area contributed by atoms with Crippen molar-refractivity contribution in [3.63, 3.8) is 0 Å². The minimum Gasteiger partial charge on any atom is -0.350 e. The van der Waals surface area contributed by atoms with Crippen molar-refractivity contribution in [1.82, 2.24) is 10.2 Å². The van der Waals surface area contributed by atoms with Gasteiger partial charge < -0.3 is 10.2 Å². The van der Waals surface area contributed by atoms with E-state index in [0.717, 1.165) is 25.5 Å². The molecule has 1 unspecified atom stereocenters. The van der Waals surface area contributed by atoms with Crippen molar-refractivity contribution in [2.75, 3.05) is 10.8 Å². The molecule has 7 nitrogen and oxygen atoms in total. The fraction of sp³-hybridized carbons (Fsp3) is 0.257. The summed E-state index contributed by atoms with van der Waals surface area (Å²) >= 11 is 9.99. The zero-order valence-electron chi connectivity index (χ0n) is 25.7. The van der Waals surface area contributed by atoms with Crippen LogP contribution in [0.15, 0.2) is 112 Å². The number of para-hydroxylation sites is 1. The van der Waals surface area contributed by atoms with Gasteiger partial charge in [0.15, 0.2) is 0 Å². The summed E-state index contributed by atoms with van der Waals surface area (Å²) in [5, 5.41) is 3.20. The van der Waals surface area contributed by atoms with Crippen molar-refractivity contribution in [2.45, 2.75) is 57.1 Å². The average molecular weight is 711 g/mol. The van der Waals surface area contributed by atoms with E-state index < -0.39 is 34.1 Å². The highest BCUT2D eigenvalue weighted by molar-refractivity contribution is 9.10. The molecule has 0 radical (unpaired) electrons. The molecule has 1 N–H and O–H groups in total. The molecule has 0 saturated heterocycles. The van der Waals surface area contributed by atoms with Crippen molar-refractivity contribution in [3.05, 3.63) is 129 Å². The molecular formula is C35H37BrClN3O4S. The van der Waals surface area contributed by atoms with Gasteiger partial charge in [0.05, 0.1) is 15.6 Å². The zero-order valence-corrected chi connectivity index (χ0v) is 28.9. The Morgan fingerprint density at radius 3 is 2.04 bits per heavy atom. The van der Waals surface area contributed by atoms with Gasteiger partial charge in [0.2, 0.25) is 11.8 Å². The first-order valence-electron chi connectivity index (χ1n) is 14.5. The van der Waals surface area contributed by atoms with E-state index in [4.69, 9.17) is 11.6 Å². The van der Waals surface area contributed by atoms with Gasteiger partial charge in [-0.25, -0.2) is 8.42 Å². The Morgan fingerprint density at radius 2 is 1.44 bits per heavy atom. The Labute approximate surface area is 279 Å². The molecule has 0 saturated carbocycles. The number of amides is 2. The fourth-order valence-electron chi connectivity index (χ4n) is 4.80. The Bertz CT molecular complexity index is 1730. The first kappa shape index (κ1) is 34.2. The summed E-state index contributed by atoms with van der Waals surface area (Å²) in [5.74, 6) is -0.902. The van der Waals surface area contributed by atoms with Crippen LogP contribution in [-0.4, -0.2) is 43.3 Å². The summed E-state index contributed by atoms with van der Waals surface area (Å²) in [6.07, 6.45) is 0.224. The SMILES string of the molecule is Cc1ccc(S(=O)(=O)N(CC(=O)N(Cc2ccc(Br)cc2)C(Cc2ccccc2)C(=O)NC(C)(C)C)c2ccccc2Cl)cc1. The van der Waals surface area contributed by atoms with Gasteiger partial charge in [-0.1, -0.05) is 99.8 Å². The van der Waals surface area contributed by atoms with Crippen molar-refractivity contribution in [3.8, 4) is 0 Å². The van der Waals surface area contributed by atoms with E-state index in [1.807, 2.05) is 82.3 Å². The van der Waals surface area contributed by atoms with Gasteiger partial charge in [0.1, 0.15) is 12.6 Å². The Hall–Kier alpha value is -3.66. The van der Waals surface area contributed by atoms with Gasteiger partial charge in [-0.05, 0) is 75.2 Å². The fourth-order valence-corrected chi connectivity index (χ4v) is 6.78. The summed E-state index contributed by atoms with van der Waals surface area (Å²) in [5.41, 5.74) is 2.12. The molecule has 0 spiro atoms. The van der Waals surface area contributed by atoms with Crippen LogP contribution in [0.2, 0.25) is 5.02 Å². The average Bonchev–Trinajstić information content (AvgIpc) is 2.99. The van der Waals surface area contributed by atoms with Crippen LogP contribution in [0.1, 0.15) is 37.5 Å². The van der Waals surface area contributed by atoms with E-state index in [-0.39, 0.29) is 34.5 Å². The maximum atomic E-state index is 14.5. The Balaban J connectivity index is 1.82. The lowest BCUT2D eigenvalue weighted by atomic mass is 10.0. The van der Waals surface area contributed by atoms with Crippen molar-refractivity contribution >= 4 is 55.1 Å². The molecule has 0 bridgehead atoms. The third-order valence-corrected chi connectivity index (χ3v) is 9.67. The van der Waals surface area contributed by atoms with Crippen LogP contribution in [0.3, 0.4) is 0 Å². The smallest absolute Gasteiger partial charge is 0.264 e. The molecule has 236 valence electrons. The standard InChI is InChI=1S/C35H37BrClN3O4S/c1-25-14-20-29(21-15-25)45(43,44)40(31-13-9-8-12-30(31)37)24-33(41)39(23-27-16-18-28(36)19-17-27)32(34(42)38-35(2,3)4)22-26-10-6-5-7-11-26/h5-21,32H,22-24H2,1-4H3,(H,38,42). The number of hydrogen-bond donors (Lipinski definition) is 1. The van der Waals surface area contributed by atoms with Crippen molar-refractivity contribution in [1.29, 1.82) is 0 Å². The van der Waals surface area contributed by atoms with Crippen molar-refractivity contribution in [2.24, 2.45) is 0 Å². The van der Waals surface area contributed by atoms with Crippen LogP contribution < -0.4 is 9.62 Å². The summed E-state index contributed by atoms with van der Waals surface area (Å²) < 4.78 is 30.2. The monoisotopic (exact) mass is 709 g/mol. The van der Waals surface area contributed by atoms with Gasteiger partial charge in [-0.2, -0.15) is 0 Å².